The first kappa shape index (κ1) is 27.2. The molecule has 6 nitrogen and oxygen atoms in total. The summed E-state index contributed by atoms with van der Waals surface area (Å²) in [6.07, 6.45) is 2.07. The third-order valence-corrected chi connectivity index (χ3v) is 5.08. The maximum Gasteiger partial charge on any atom is 0.336 e. The van der Waals surface area contributed by atoms with Crippen LogP contribution in [0.1, 0.15) is 53.0 Å². The monoisotopic (exact) mass is 477 g/mol. The van der Waals surface area contributed by atoms with Gasteiger partial charge in [0.1, 0.15) is 5.82 Å². The minimum Gasteiger partial charge on any atom is -0.478 e. The number of nitrogens with one attached hydrogen (secondary N) is 1. The second-order valence-corrected chi connectivity index (χ2v) is 7.32. The first-order valence-electron chi connectivity index (χ1n) is 10.2. The van der Waals surface area contributed by atoms with E-state index in [2.05, 4.69) is 22.1 Å². The van der Waals surface area contributed by atoms with Crippen molar-refractivity contribution in [3.8, 4) is 0 Å². The Morgan fingerprint density at radius 3 is 2.31 bits per heavy atom. The van der Waals surface area contributed by atoms with Crippen LogP contribution < -0.4 is 10.2 Å². The average molecular weight is 478 g/mol. The predicted molar refractivity (Wildman–Crippen MR) is 135 cm³/mol. The topological polar surface area (TPSA) is 82.5 Å². The molecule has 0 saturated heterocycles. The molecule has 32 heavy (non-hydrogen) atoms. The minimum absolute atomic E-state index is 0. The lowest BCUT2D eigenvalue weighted by atomic mass is 10.1. The highest BCUT2D eigenvalue weighted by atomic mass is 35.5. The quantitative estimate of drug-likeness (QED) is 0.417. The Bertz CT molecular complexity index is 1070. The van der Waals surface area contributed by atoms with Gasteiger partial charge in [0.15, 0.2) is 0 Å². The number of halogens is 2. The van der Waals surface area contributed by atoms with E-state index in [0.29, 0.717) is 28.0 Å². The zero-order valence-corrected chi connectivity index (χ0v) is 20.1. The molecule has 0 saturated carbocycles. The van der Waals surface area contributed by atoms with Crippen molar-refractivity contribution in [3.05, 3.63) is 65.2 Å². The number of carbonyl (C=O) groups is 2. The number of unbranched alkanes of at least 4 members (excludes halogenated alkanes) is 1. The summed E-state index contributed by atoms with van der Waals surface area (Å²) < 4.78 is 0. The van der Waals surface area contributed by atoms with Gasteiger partial charge in [0.2, 0.25) is 0 Å². The van der Waals surface area contributed by atoms with Crippen LogP contribution in [0.2, 0.25) is 0 Å². The fourth-order valence-electron chi connectivity index (χ4n) is 3.32. The van der Waals surface area contributed by atoms with Gasteiger partial charge in [-0.05, 0) is 56.7 Å². The Morgan fingerprint density at radius 2 is 1.72 bits per heavy atom. The summed E-state index contributed by atoms with van der Waals surface area (Å²) in [6, 6.07) is 14.1. The van der Waals surface area contributed by atoms with Crippen molar-refractivity contribution in [1.29, 1.82) is 0 Å². The second kappa shape index (κ2) is 12.3. The number of amides is 1. The Morgan fingerprint density at radius 1 is 1.03 bits per heavy atom. The number of carboxylic acids is 1. The van der Waals surface area contributed by atoms with Crippen LogP contribution in [-0.2, 0) is 0 Å². The molecule has 2 N–H and O–H groups in total. The fourth-order valence-corrected chi connectivity index (χ4v) is 3.32. The maximum absolute atomic E-state index is 12.5. The van der Waals surface area contributed by atoms with Gasteiger partial charge in [0, 0.05) is 29.7 Å². The molecule has 3 rings (SSSR count). The molecule has 0 atom stereocenters. The predicted octanol–water partition coefficient (Wildman–Crippen LogP) is 5.96. The number of aromatic carboxylic acids is 1. The minimum atomic E-state index is -1.02. The molecule has 1 amide bonds. The zero-order chi connectivity index (χ0) is 21.7. The van der Waals surface area contributed by atoms with Crippen LogP contribution in [0, 0.1) is 6.92 Å². The molecule has 0 fully saturated rings. The van der Waals surface area contributed by atoms with Crippen LogP contribution in [-0.4, -0.2) is 35.1 Å². The summed E-state index contributed by atoms with van der Waals surface area (Å²) in [5.41, 5.74) is 2.92. The van der Waals surface area contributed by atoms with E-state index in [1.165, 1.54) is 0 Å². The van der Waals surface area contributed by atoms with Crippen LogP contribution in [0.4, 0.5) is 11.5 Å². The number of pyridine rings is 1. The second-order valence-electron chi connectivity index (χ2n) is 7.32. The third kappa shape index (κ3) is 6.34. The largest absolute Gasteiger partial charge is 0.478 e. The summed E-state index contributed by atoms with van der Waals surface area (Å²) in [5.74, 6) is -0.600. The van der Waals surface area contributed by atoms with Crippen molar-refractivity contribution in [2.24, 2.45) is 0 Å². The summed E-state index contributed by atoms with van der Waals surface area (Å²) in [6.45, 7) is 7.70. The third-order valence-electron chi connectivity index (χ3n) is 5.08. The van der Waals surface area contributed by atoms with Gasteiger partial charge in [-0.2, -0.15) is 0 Å². The SMILES string of the molecule is CCCCN(CC)c1cc(C(=O)O)c2cc(NC(=O)c3ccc(C)cc3)ccc2n1.Cl.Cl. The molecule has 8 heteroatoms. The lowest BCUT2D eigenvalue weighted by Crippen LogP contribution is -2.25. The molecule has 3 aromatic rings. The van der Waals surface area contributed by atoms with Crippen LogP contribution in [0.5, 0.6) is 0 Å². The van der Waals surface area contributed by atoms with Gasteiger partial charge in [0.25, 0.3) is 5.91 Å². The Kier molecular flexibility index (Phi) is 10.4. The van der Waals surface area contributed by atoms with E-state index >= 15 is 0 Å². The first-order chi connectivity index (χ1) is 14.4. The van der Waals surface area contributed by atoms with Gasteiger partial charge in [0.05, 0.1) is 11.1 Å². The number of carboxylic acid groups (broad SMARTS) is 1. The van der Waals surface area contributed by atoms with E-state index in [9.17, 15) is 14.7 Å². The number of hydrogen-bond donors (Lipinski definition) is 2. The number of benzene rings is 2. The van der Waals surface area contributed by atoms with Gasteiger partial charge in [-0.25, -0.2) is 9.78 Å². The molecule has 0 unspecified atom stereocenters. The molecule has 2 aromatic carbocycles. The number of anilines is 2. The van der Waals surface area contributed by atoms with Crippen LogP contribution in [0.15, 0.2) is 48.5 Å². The Hall–Kier alpha value is -2.83. The van der Waals surface area contributed by atoms with E-state index in [0.717, 1.165) is 31.5 Å². The highest BCUT2D eigenvalue weighted by Crippen LogP contribution is 2.26. The highest BCUT2D eigenvalue weighted by molar-refractivity contribution is 6.08. The zero-order valence-electron chi connectivity index (χ0n) is 18.4. The number of carbonyl (C=O) groups excluding carboxylic acids is 1. The number of hydrogen-bond acceptors (Lipinski definition) is 4. The molecule has 0 spiro atoms. The first-order valence-corrected chi connectivity index (χ1v) is 10.2. The fraction of sp³-hybridized carbons (Fsp3) is 0.292. The van der Waals surface area contributed by atoms with E-state index in [1.807, 2.05) is 26.0 Å². The molecule has 0 aliphatic rings. The van der Waals surface area contributed by atoms with Crippen LogP contribution >= 0.6 is 24.8 Å². The van der Waals surface area contributed by atoms with E-state index < -0.39 is 5.97 Å². The van der Waals surface area contributed by atoms with Gasteiger partial charge in [-0.1, -0.05) is 31.0 Å². The lowest BCUT2D eigenvalue weighted by Gasteiger charge is -2.22. The van der Waals surface area contributed by atoms with Gasteiger partial charge in [-0.15, -0.1) is 24.8 Å². The number of rotatable bonds is 8. The van der Waals surface area contributed by atoms with Gasteiger partial charge >= 0.3 is 5.97 Å². The molecule has 0 radical (unpaired) electrons. The van der Waals surface area contributed by atoms with Crippen molar-refractivity contribution in [2.75, 3.05) is 23.3 Å². The van der Waals surface area contributed by atoms with Crippen molar-refractivity contribution >= 4 is 59.1 Å². The molecular formula is C24H29Cl2N3O3. The molecule has 1 aromatic heterocycles. The molecule has 172 valence electrons. The Balaban J connectivity index is 0.00000256. The number of aryl methyl sites for hydroxylation is 1. The molecule has 0 aliphatic heterocycles. The molecule has 0 aliphatic carbocycles. The van der Waals surface area contributed by atoms with Crippen molar-refractivity contribution in [3.63, 3.8) is 0 Å². The summed E-state index contributed by atoms with van der Waals surface area (Å²) in [7, 11) is 0. The number of nitrogens with zero attached hydrogens (tertiary/aromatic N) is 2. The van der Waals surface area contributed by atoms with Crippen LogP contribution in [0.3, 0.4) is 0 Å². The van der Waals surface area contributed by atoms with Gasteiger partial charge in [-0.3, -0.25) is 4.79 Å². The summed E-state index contributed by atoms with van der Waals surface area (Å²) in [5, 5.41) is 13.1. The molecule has 0 bridgehead atoms. The normalized spacial score (nSPS) is 10.1. The number of fused-ring (bicyclic) bond motifs is 1. The lowest BCUT2D eigenvalue weighted by molar-refractivity contribution is 0.0698. The Labute approximate surface area is 200 Å². The molecule has 1 heterocycles. The smallest absolute Gasteiger partial charge is 0.336 e. The van der Waals surface area contributed by atoms with Gasteiger partial charge < -0.3 is 15.3 Å². The van der Waals surface area contributed by atoms with Crippen LogP contribution in [0.25, 0.3) is 10.9 Å². The van der Waals surface area contributed by atoms with E-state index in [-0.39, 0.29) is 36.3 Å². The highest BCUT2D eigenvalue weighted by Gasteiger charge is 2.16. The van der Waals surface area contributed by atoms with Crippen molar-refractivity contribution < 1.29 is 14.7 Å². The van der Waals surface area contributed by atoms with Crippen molar-refractivity contribution in [2.45, 2.75) is 33.6 Å². The van der Waals surface area contributed by atoms with Crippen molar-refractivity contribution in [1.82, 2.24) is 4.98 Å². The van der Waals surface area contributed by atoms with E-state index in [4.69, 9.17) is 0 Å². The summed E-state index contributed by atoms with van der Waals surface area (Å²) >= 11 is 0. The average Bonchev–Trinajstić information content (AvgIpc) is 2.74. The molecular weight excluding hydrogens is 449 g/mol. The maximum atomic E-state index is 12.5. The van der Waals surface area contributed by atoms with E-state index in [1.54, 1.807) is 36.4 Å². The summed E-state index contributed by atoms with van der Waals surface area (Å²) in [4.78, 5) is 31.2. The standard InChI is InChI=1S/C24H27N3O3.2ClH/c1-4-6-13-27(5-2)22-15-20(24(29)30)19-14-18(11-12-21(19)26-22)25-23(28)17-9-7-16(3)8-10-17;;/h7-12,14-15H,4-6,13H2,1-3H3,(H,25,28)(H,29,30);2*1H. The number of aromatic nitrogens is 1.